The summed E-state index contributed by atoms with van der Waals surface area (Å²) < 4.78 is 11.0. The van der Waals surface area contributed by atoms with Gasteiger partial charge in [-0.15, -0.1) is 0 Å². The minimum atomic E-state index is -1.15. The number of amides is 1. The molecule has 2 rings (SSSR count). The fourth-order valence-electron chi connectivity index (χ4n) is 2.12. The highest BCUT2D eigenvalue weighted by Crippen LogP contribution is 2.30. The molecule has 1 heterocycles. The first kappa shape index (κ1) is 19.3. The Hall–Kier alpha value is -2.02. The number of carbonyl (C=O) groups excluding carboxylic acids is 1. The Morgan fingerprint density at radius 1 is 1.44 bits per heavy atom. The van der Waals surface area contributed by atoms with Crippen LogP contribution in [0.5, 0.6) is 5.88 Å². The summed E-state index contributed by atoms with van der Waals surface area (Å²) >= 11 is 5.99. The maximum absolute atomic E-state index is 12.2. The molecule has 1 N–H and O–H groups in total. The number of likely N-dealkylation sites (N-methyl/N-ethyl adjacent to an activating group) is 1. The molecule has 7 nitrogen and oxygen atoms in total. The molecule has 1 amide bonds. The van der Waals surface area contributed by atoms with Gasteiger partial charge in [-0.3, -0.25) is 4.90 Å². The largest absolute Gasteiger partial charge is 0.480 e. The molecular formula is C17H23ClN2O5. The first-order chi connectivity index (χ1) is 11.6. The van der Waals surface area contributed by atoms with Crippen molar-refractivity contribution in [2.24, 2.45) is 0 Å². The van der Waals surface area contributed by atoms with E-state index in [0.717, 1.165) is 17.7 Å². The first-order valence-corrected chi connectivity index (χ1v) is 8.44. The number of rotatable bonds is 6. The number of aromatic nitrogens is 1. The van der Waals surface area contributed by atoms with E-state index in [-0.39, 0.29) is 12.5 Å². The van der Waals surface area contributed by atoms with Gasteiger partial charge < -0.3 is 14.6 Å². The summed E-state index contributed by atoms with van der Waals surface area (Å²) in [6.45, 7) is 5.16. The van der Waals surface area contributed by atoms with Crippen LogP contribution in [-0.4, -0.2) is 51.8 Å². The zero-order valence-corrected chi connectivity index (χ0v) is 15.5. The molecule has 138 valence electrons. The molecule has 1 fully saturated rings. The van der Waals surface area contributed by atoms with Gasteiger partial charge in [0.25, 0.3) is 0 Å². The number of aliphatic carboxylic acids is 1. The summed E-state index contributed by atoms with van der Waals surface area (Å²) in [5, 5.41) is 9.94. The van der Waals surface area contributed by atoms with E-state index in [9.17, 15) is 14.7 Å². The van der Waals surface area contributed by atoms with Gasteiger partial charge >= 0.3 is 12.1 Å². The van der Waals surface area contributed by atoms with Crippen LogP contribution in [0.1, 0.15) is 39.2 Å². The molecule has 1 aliphatic carbocycles. The van der Waals surface area contributed by atoms with Crippen molar-refractivity contribution in [1.29, 1.82) is 0 Å². The number of hydrogen-bond acceptors (Lipinski definition) is 5. The summed E-state index contributed by atoms with van der Waals surface area (Å²) in [6.07, 6.45) is 2.77. The molecule has 8 heteroatoms. The maximum Gasteiger partial charge on any atom is 0.410 e. The second kappa shape index (κ2) is 7.47. The molecule has 0 aliphatic heterocycles. The lowest BCUT2D eigenvalue weighted by Gasteiger charge is -2.28. The van der Waals surface area contributed by atoms with E-state index >= 15 is 0 Å². The quantitative estimate of drug-likeness (QED) is 0.827. The normalized spacial score (nSPS) is 15.4. The Balaban J connectivity index is 2.19. The lowest BCUT2D eigenvalue weighted by molar-refractivity contribution is -0.142. The Morgan fingerprint density at radius 2 is 2.08 bits per heavy atom. The van der Waals surface area contributed by atoms with E-state index in [2.05, 4.69) is 4.98 Å². The van der Waals surface area contributed by atoms with Gasteiger partial charge in [0, 0.05) is 25.2 Å². The molecule has 0 aromatic carbocycles. The maximum atomic E-state index is 12.2. The fraction of sp³-hybridized carbons (Fsp3) is 0.588. The molecule has 0 spiro atoms. The van der Waals surface area contributed by atoms with Crippen molar-refractivity contribution in [3.05, 3.63) is 22.8 Å². The molecular weight excluding hydrogens is 348 g/mol. The van der Waals surface area contributed by atoms with Crippen molar-refractivity contribution in [1.82, 2.24) is 9.88 Å². The second-order valence-corrected chi connectivity index (χ2v) is 7.52. The molecule has 0 saturated heterocycles. The summed E-state index contributed by atoms with van der Waals surface area (Å²) in [6, 6.07) is 0.488. The van der Waals surface area contributed by atoms with Crippen LogP contribution < -0.4 is 4.74 Å². The highest BCUT2D eigenvalue weighted by Gasteiger charge is 2.32. The third-order valence-corrected chi connectivity index (χ3v) is 3.75. The average molecular weight is 371 g/mol. The standard InChI is InChI=1S/C17H23ClN2O5/c1-17(2,3)25-16(23)20(4)13(15(21)22)8-10-7-11(18)9-19-14(10)24-12-5-6-12/h7,9,12-13H,5-6,8H2,1-4H3,(H,21,22)/t13-/m0/s1. The van der Waals surface area contributed by atoms with Crippen LogP contribution in [0.25, 0.3) is 0 Å². The Labute approximate surface area is 151 Å². The Bertz CT molecular complexity index is 655. The monoisotopic (exact) mass is 370 g/mol. The van der Waals surface area contributed by atoms with Gasteiger partial charge in [-0.2, -0.15) is 0 Å². The van der Waals surface area contributed by atoms with E-state index in [1.807, 2.05) is 0 Å². The van der Waals surface area contributed by atoms with Crippen LogP contribution in [0.4, 0.5) is 4.79 Å². The minimum absolute atomic E-state index is 0.0146. The summed E-state index contributed by atoms with van der Waals surface area (Å²) in [7, 11) is 1.40. The van der Waals surface area contributed by atoms with E-state index in [1.165, 1.54) is 13.2 Å². The van der Waals surface area contributed by atoms with E-state index < -0.39 is 23.7 Å². The van der Waals surface area contributed by atoms with Crippen molar-refractivity contribution >= 4 is 23.7 Å². The van der Waals surface area contributed by atoms with Crippen LogP contribution in [0.2, 0.25) is 5.02 Å². The molecule has 0 bridgehead atoms. The molecule has 0 radical (unpaired) electrons. The minimum Gasteiger partial charge on any atom is -0.480 e. The van der Waals surface area contributed by atoms with Gasteiger partial charge in [-0.25, -0.2) is 14.6 Å². The Morgan fingerprint density at radius 3 is 2.60 bits per heavy atom. The van der Waals surface area contributed by atoms with Crippen LogP contribution in [0.15, 0.2) is 12.3 Å². The van der Waals surface area contributed by atoms with E-state index in [1.54, 1.807) is 26.8 Å². The number of halogens is 1. The van der Waals surface area contributed by atoms with Crippen LogP contribution >= 0.6 is 11.6 Å². The van der Waals surface area contributed by atoms with Crippen molar-refractivity contribution in [2.45, 2.75) is 57.8 Å². The number of pyridine rings is 1. The molecule has 1 saturated carbocycles. The zero-order chi connectivity index (χ0) is 18.8. The van der Waals surface area contributed by atoms with E-state index in [4.69, 9.17) is 21.1 Å². The summed E-state index contributed by atoms with van der Waals surface area (Å²) in [4.78, 5) is 29.1. The van der Waals surface area contributed by atoms with Gasteiger partial charge in [0.05, 0.1) is 5.02 Å². The molecule has 1 aromatic rings. The number of hydrogen-bond donors (Lipinski definition) is 1. The average Bonchev–Trinajstić information content (AvgIpc) is 3.28. The van der Waals surface area contributed by atoms with Crippen LogP contribution in [0, 0.1) is 0 Å². The predicted molar refractivity (Wildman–Crippen MR) is 92.0 cm³/mol. The van der Waals surface area contributed by atoms with Crippen molar-refractivity contribution in [2.75, 3.05) is 7.05 Å². The molecule has 1 aromatic heterocycles. The smallest absolute Gasteiger partial charge is 0.410 e. The van der Waals surface area contributed by atoms with Gasteiger partial charge in [0.15, 0.2) is 0 Å². The Kier molecular flexibility index (Phi) is 5.77. The van der Waals surface area contributed by atoms with Gasteiger partial charge in [-0.1, -0.05) is 11.6 Å². The number of carboxylic acids is 1. The lowest BCUT2D eigenvalue weighted by Crippen LogP contribution is -2.46. The second-order valence-electron chi connectivity index (χ2n) is 7.08. The van der Waals surface area contributed by atoms with Gasteiger partial charge in [0.2, 0.25) is 5.88 Å². The first-order valence-electron chi connectivity index (χ1n) is 8.06. The molecule has 0 unspecified atom stereocenters. The predicted octanol–water partition coefficient (Wildman–Crippen LogP) is 3.14. The van der Waals surface area contributed by atoms with Crippen LogP contribution in [0.3, 0.4) is 0 Å². The zero-order valence-electron chi connectivity index (χ0n) is 14.8. The summed E-state index contributed by atoms with van der Waals surface area (Å²) in [5.41, 5.74) is -0.172. The number of ether oxygens (including phenoxy) is 2. The van der Waals surface area contributed by atoms with Gasteiger partial charge in [0.1, 0.15) is 17.7 Å². The van der Waals surface area contributed by atoms with Crippen molar-refractivity contribution < 1.29 is 24.2 Å². The van der Waals surface area contributed by atoms with Gasteiger partial charge in [-0.05, 0) is 39.7 Å². The molecule has 25 heavy (non-hydrogen) atoms. The topological polar surface area (TPSA) is 89.0 Å². The third-order valence-electron chi connectivity index (χ3n) is 3.54. The van der Waals surface area contributed by atoms with E-state index in [0.29, 0.717) is 16.5 Å². The number of nitrogens with zero attached hydrogens (tertiary/aromatic N) is 2. The van der Waals surface area contributed by atoms with Crippen molar-refractivity contribution in [3.63, 3.8) is 0 Å². The highest BCUT2D eigenvalue weighted by molar-refractivity contribution is 6.30. The summed E-state index contributed by atoms with van der Waals surface area (Å²) in [5.74, 6) is -0.790. The highest BCUT2D eigenvalue weighted by atomic mass is 35.5. The van der Waals surface area contributed by atoms with Crippen molar-refractivity contribution in [3.8, 4) is 5.88 Å². The lowest BCUT2D eigenvalue weighted by atomic mass is 10.1. The SMILES string of the molecule is CN(C(=O)OC(C)(C)C)[C@@H](Cc1cc(Cl)cnc1OC1CC1)C(=O)O. The molecule has 1 atom stereocenters. The number of carboxylic acid groups (broad SMARTS) is 1. The third kappa shape index (κ3) is 5.77. The number of carbonyl (C=O) groups is 2. The molecule has 1 aliphatic rings. The van der Waals surface area contributed by atoms with Crippen LogP contribution in [-0.2, 0) is 16.0 Å². The fourth-order valence-corrected chi connectivity index (χ4v) is 2.30.